The van der Waals surface area contributed by atoms with E-state index in [0.717, 1.165) is 39.6 Å². The molecular formula is C20H22ClN3OS. The summed E-state index contributed by atoms with van der Waals surface area (Å²) in [5, 5.41) is 10.3. The van der Waals surface area contributed by atoms with E-state index in [1.54, 1.807) is 11.8 Å². The normalized spacial score (nSPS) is 10.9. The molecule has 0 radical (unpaired) electrons. The Morgan fingerprint density at radius 1 is 1.12 bits per heavy atom. The van der Waals surface area contributed by atoms with E-state index in [1.165, 1.54) is 11.1 Å². The molecule has 136 valence electrons. The van der Waals surface area contributed by atoms with Crippen LogP contribution >= 0.6 is 23.4 Å². The second-order valence-electron chi connectivity index (χ2n) is 6.12. The van der Waals surface area contributed by atoms with E-state index >= 15 is 0 Å². The zero-order chi connectivity index (χ0) is 18.5. The van der Waals surface area contributed by atoms with Crippen LogP contribution in [0.4, 0.5) is 0 Å². The van der Waals surface area contributed by atoms with E-state index in [0.29, 0.717) is 6.61 Å². The Balaban J connectivity index is 1.67. The first-order valence-corrected chi connectivity index (χ1v) is 9.92. The molecule has 0 bridgehead atoms. The van der Waals surface area contributed by atoms with Crippen LogP contribution in [0.3, 0.4) is 0 Å². The van der Waals surface area contributed by atoms with Crippen molar-refractivity contribution >= 4 is 23.4 Å². The minimum Gasteiger partial charge on any atom is -0.485 e. The maximum absolute atomic E-state index is 6.05. The van der Waals surface area contributed by atoms with E-state index in [4.69, 9.17) is 16.3 Å². The molecule has 0 N–H and O–H groups in total. The first-order chi connectivity index (χ1) is 12.6. The Hall–Kier alpha value is -1.98. The highest BCUT2D eigenvalue weighted by Gasteiger charge is 2.13. The van der Waals surface area contributed by atoms with E-state index in [9.17, 15) is 0 Å². The number of aryl methyl sites for hydroxylation is 2. The van der Waals surface area contributed by atoms with Gasteiger partial charge in [-0.1, -0.05) is 53.2 Å². The lowest BCUT2D eigenvalue weighted by atomic mass is 10.1. The lowest BCUT2D eigenvalue weighted by Gasteiger charge is -2.11. The Morgan fingerprint density at radius 2 is 1.96 bits per heavy atom. The van der Waals surface area contributed by atoms with Crippen LogP contribution in [0.5, 0.6) is 5.75 Å². The van der Waals surface area contributed by atoms with Gasteiger partial charge in [0.15, 0.2) is 11.0 Å². The highest BCUT2D eigenvalue weighted by atomic mass is 35.5. The molecule has 0 fully saturated rings. The number of thioether (sulfide) groups is 1. The van der Waals surface area contributed by atoms with Crippen LogP contribution in [0.25, 0.3) is 0 Å². The van der Waals surface area contributed by atoms with Crippen molar-refractivity contribution in [3.8, 4) is 5.75 Å². The van der Waals surface area contributed by atoms with Gasteiger partial charge in [-0.25, -0.2) is 0 Å². The van der Waals surface area contributed by atoms with Crippen LogP contribution in [-0.2, 0) is 18.9 Å². The topological polar surface area (TPSA) is 39.9 Å². The van der Waals surface area contributed by atoms with Crippen molar-refractivity contribution in [2.75, 3.05) is 0 Å². The zero-order valence-electron chi connectivity index (χ0n) is 15.2. The van der Waals surface area contributed by atoms with E-state index in [1.807, 2.05) is 24.3 Å². The number of hydrogen-bond donors (Lipinski definition) is 0. The van der Waals surface area contributed by atoms with Crippen molar-refractivity contribution in [2.45, 2.75) is 44.8 Å². The fraction of sp³-hybridized carbons (Fsp3) is 0.300. The second-order valence-corrected chi connectivity index (χ2v) is 7.50. The van der Waals surface area contributed by atoms with E-state index in [2.05, 4.69) is 53.7 Å². The van der Waals surface area contributed by atoms with Crippen LogP contribution in [0.15, 0.2) is 47.6 Å². The molecule has 2 aromatic carbocycles. The predicted molar refractivity (Wildman–Crippen MR) is 107 cm³/mol. The number of aromatic nitrogens is 3. The third-order valence-corrected chi connectivity index (χ3v) is 5.33. The average molecular weight is 388 g/mol. The average Bonchev–Trinajstić information content (AvgIpc) is 3.01. The van der Waals surface area contributed by atoms with Crippen molar-refractivity contribution in [1.29, 1.82) is 0 Å². The molecule has 0 amide bonds. The molecule has 0 unspecified atom stereocenters. The Kier molecular flexibility index (Phi) is 6.22. The Morgan fingerprint density at radius 3 is 2.69 bits per heavy atom. The maximum Gasteiger partial charge on any atom is 0.191 e. The molecule has 0 aliphatic rings. The van der Waals surface area contributed by atoms with Crippen molar-refractivity contribution in [1.82, 2.24) is 14.8 Å². The van der Waals surface area contributed by atoms with Crippen LogP contribution in [-0.4, -0.2) is 14.8 Å². The van der Waals surface area contributed by atoms with Crippen LogP contribution in [0.1, 0.15) is 29.4 Å². The van der Waals surface area contributed by atoms with Gasteiger partial charge in [0, 0.05) is 17.3 Å². The SMILES string of the molecule is CCn1c(COc2ccc(C)cc2C)nnc1SCc1cccc(Cl)c1. The highest BCUT2D eigenvalue weighted by Crippen LogP contribution is 2.24. The molecule has 6 heteroatoms. The summed E-state index contributed by atoms with van der Waals surface area (Å²) in [6, 6.07) is 14.1. The number of hydrogen-bond acceptors (Lipinski definition) is 4. The van der Waals surface area contributed by atoms with Crippen molar-refractivity contribution in [3.63, 3.8) is 0 Å². The Bertz CT molecular complexity index is 895. The summed E-state index contributed by atoms with van der Waals surface area (Å²) in [4.78, 5) is 0. The van der Waals surface area contributed by atoms with Gasteiger partial charge in [-0.3, -0.25) is 0 Å². The van der Waals surface area contributed by atoms with Gasteiger partial charge < -0.3 is 9.30 Å². The van der Waals surface area contributed by atoms with Crippen LogP contribution in [0.2, 0.25) is 5.02 Å². The lowest BCUT2D eigenvalue weighted by molar-refractivity contribution is 0.286. The standard InChI is InChI=1S/C20H22ClN3OS/c1-4-24-19(12-25-18-9-8-14(2)10-15(18)3)22-23-20(24)26-13-16-6-5-7-17(21)11-16/h5-11H,4,12-13H2,1-3H3. The smallest absolute Gasteiger partial charge is 0.191 e. The van der Waals surface area contributed by atoms with Crippen molar-refractivity contribution < 1.29 is 4.74 Å². The molecule has 0 saturated heterocycles. The summed E-state index contributed by atoms with van der Waals surface area (Å²) >= 11 is 7.71. The van der Waals surface area contributed by atoms with Gasteiger partial charge in [0.25, 0.3) is 0 Å². The van der Waals surface area contributed by atoms with Crippen molar-refractivity contribution in [2.24, 2.45) is 0 Å². The largest absolute Gasteiger partial charge is 0.485 e. The summed E-state index contributed by atoms with van der Waals surface area (Å²) in [6.07, 6.45) is 0. The Labute approximate surface area is 163 Å². The number of nitrogens with zero attached hydrogens (tertiary/aromatic N) is 3. The molecule has 4 nitrogen and oxygen atoms in total. The first-order valence-electron chi connectivity index (χ1n) is 8.56. The number of benzene rings is 2. The molecular weight excluding hydrogens is 366 g/mol. The van der Waals surface area contributed by atoms with Gasteiger partial charge in [-0.2, -0.15) is 0 Å². The molecule has 0 aliphatic heterocycles. The molecule has 1 aromatic heterocycles. The molecule has 0 spiro atoms. The first kappa shape index (κ1) is 18.8. The summed E-state index contributed by atoms with van der Waals surface area (Å²) in [6.45, 7) is 7.43. The highest BCUT2D eigenvalue weighted by molar-refractivity contribution is 7.98. The third kappa shape index (κ3) is 4.59. The monoisotopic (exact) mass is 387 g/mol. The summed E-state index contributed by atoms with van der Waals surface area (Å²) in [5.74, 6) is 2.52. The minimum absolute atomic E-state index is 0.405. The van der Waals surface area contributed by atoms with E-state index in [-0.39, 0.29) is 0 Å². The summed E-state index contributed by atoms with van der Waals surface area (Å²) in [7, 11) is 0. The van der Waals surface area contributed by atoms with Crippen LogP contribution < -0.4 is 4.74 Å². The molecule has 3 rings (SSSR count). The molecule has 0 saturated carbocycles. The van der Waals surface area contributed by atoms with Gasteiger partial charge in [0.05, 0.1) is 0 Å². The van der Waals surface area contributed by atoms with Gasteiger partial charge in [-0.15, -0.1) is 10.2 Å². The predicted octanol–water partition coefficient (Wildman–Crippen LogP) is 5.44. The zero-order valence-corrected chi connectivity index (χ0v) is 16.8. The molecule has 0 atom stereocenters. The van der Waals surface area contributed by atoms with Gasteiger partial charge in [-0.05, 0) is 50.1 Å². The molecule has 0 aliphatic carbocycles. The van der Waals surface area contributed by atoms with Crippen molar-refractivity contribution in [3.05, 3.63) is 70.0 Å². The quantitative estimate of drug-likeness (QED) is 0.506. The van der Waals surface area contributed by atoms with Gasteiger partial charge in [0.1, 0.15) is 12.4 Å². The van der Waals surface area contributed by atoms with Gasteiger partial charge >= 0.3 is 0 Å². The maximum atomic E-state index is 6.05. The second kappa shape index (κ2) is 8.60. The molecule has 26 heavy (non-hydrogen) atoms. The van der Waals surface area contributed by atoms with Gasteiger partial charge in [0.2, 0.25) is 0 Å². The molecule has 1 heterocycles. The number of halogens is 1. The summed E-state index contributed by atoms with van der Waals surface area (Å²) < 4.78 is 8.06. The summed E-state index contributed by atoms with van der Waals surface area (Å²) in [5.41, 5.74) is 3.52. The fourth-order valence-electron chi connectivity index (χ4n) is 2.73. The lowest BCUT2D eigenvalue weighted by Crippen LogP contribution is -2.07. The van der Waals surface area contributed by atoms with E-state index < -0.39 is 0 Å². The minimum atomic E-state index is 0.405. The third-order valence-electron chi connectivity index (χ3n) is 4.05. The fourth-order valence-corrected chi connectivity index (χ4v) is 3.91. The van der Waals surface area contributed by atoms with Crippen LogP contribution in [0, 0.1) is 13.8 Å². The number of ether oxygens (including phenoxy) is 1. The number of rotatable bonds is 7. The molecule has 3 aromatic rings.